The van der Waals surface area contributed by atoms with E-state index in [1.807, 2.05) is 36.4 Å². The van der Waals surface area contributed by atoms with Gasteiger partial charge in [-0.25, -0.2) is 9.59 Å². The van der Waals surface area contributed by atoms with Crippen molar-refractivity contribution in [2.75, 3.05) is 0 Å². The van der Waals surface area contributed by atoms with E-state index in [0.717, 1.165) is 10.9 Å². The van der Waals surface area contributed by atoms with Gasteiger partial charge in [-0.1, -0.05) is 78.9 Å². The van der Waals surface area contributed by atoms with Gasteiger partial charge in [-0.3, -0.25) is 0 Å². The van der Waals surface area contributed by atoms with Crippen LogP contribution in [0.4, 0.5) is 0 Å². The van der Waals surface area contributed by atoms with Crippen LogP contribution in [0.3, 0.4) is 0 Å². The van der Waals surface area contributed by atoms with Gasteiger partial charge in [0.15, 0.2) is 0 Å². The molecule has 0 spiro atoms. The summed E-state index contributed by atoms with van der Waals surface area (Å²) in [4.78, 5) is 20.4. The maximum atomic E-state index is 10.2. The zero-order valence-electron chi connectivity index (χ0n) is 19.7. The lowest BCUT2D eigenvalue weighted by Crippen LogP contribution is -2.25. The Labute approximate surface area is 204 Å². The Balaban J connectivity index is 0.000000203. The molecule has 182 valence electrons. The van der Waals surface area contributed by atoms with Gasteiger partial charge in [0, 0.05) is 5.92 Å². The standard InChI is InChI=1S/C15H18O2.2C7H6O2/c1-10(16)15(11(2)17)14-8-7-12-5-3-4-6-13(12)9-14;2*8-7(9)6-4-2-1-3-5-6/h3-11,15-17H,1-2H3;2*1-5H,(H,8,9). The fraction of sp³-hybridized carbons (Fsp3) is 0.172. The van der Waals surface area contributed by atoms with E-state index in [2.05, 4.69) is 6.07 Å². The molecule has 6 heteroatoms. The largest absolute Gasteiger partial charge is 0.478 e. The molecule has 0 aliphatic carbocycles. The second-order valence-electron chi connectivity index (χ2n) is 7.96. The van der Waals surface area contributed by atoms with Crippen molar-refractivity contribution in [2.24, 2.45) is 0 Å². The Bertz CT molecular complexity index is 1150. The monoisotopic (exact) mass is 474 g/mol. The summed E-state index contributed by atoms with van der Waals surface area (Å²) in [6, 6.07) is 30.7. The van der Waals surface area contributed by atoms with E-state index in [0.29, 0.717) is 11.1 Å². The second-order valence-corrected chi connectivity index (χ2v) is 7.96. The Morgan fingerprint density at radius 2 is 0.971 bits per heavy atom. The summed E-state index contributed by atoms with van der Waals surface area (Å²) < 4.78 is 0. The van der Waals surface area contributed by atoms with Crippen molar-refractivity contribution in [1.29, 1.82) is 0 Å². The first-order chi connectivity index (χ1) is 16.7. The van der Waals surface area contributed by atoms with E-state index in [4.69, 9.17) is 10.2 Å². The lowest BCUT2D eigenvalue weighted by atomic mass is 9.88. The van der Waals surface area contributed by atoms with Crippen LogP contribution >= 0.6 is 0 Å². The molecule has 35 heavy (non-hydrogen) atoms. The van der Waals surface area contributed by atoms with Crippen LogP contribution < -0.4 is 0 Å². The van der Waals surface area contributed by atoms with Crippen molar-refractivity contribution < 1.29 is 30.0 Å². The number of rotatable bonds is 5. The minimum absolute atomic E-state index is 0.236. The first-order valence-electron chi connectivity index (χ1n) is 11.1. The summed E-state index contributed by atoms with van der Waals surface area (Å²) in [6.45, 7) is 3.43. The first kappa shape index (κ1) is 27.2. The van der Waals surface area contributed by atoms with Gasteiger partial charge < -0.3 is 20.4 Å². The smallest absolute Gasteiger partial charge is 0.335 e. The van der Waals surface area contributed by atoms with Gasteiger partial charge >= 0.3 is 11.9 Å². The zero-order valence-corrected chi connectivity index (χ0v) is 19.7. The molecular formula is C29H30O6. The van der Waals surface area contributed by atoms with E-state index >= 15 is 0 Å². The maximum absolute atomic E-state index is 10.2. The molecule has 2 atom stereocenters. The first-order valence-corrected chi connectivity index (χ1v) is 11.1. The summed E-state index contributed by atoms with van der Waals surface area (Å²) >= 11 is 0. The molecule has 0 aliphatic heterocycles. The molecule has 0 bridgehead atoms. The maximum Gasteiger partial charge on any atom is 0.335 e. The Hall–Kier alpha value is -4.00. The van der Waals surface area contributed by atoms with Crippen LogP contribution in [0.2, 0.25) is 0 Å². The third-order valence-corrected chi connectivity index (χ3v) is 5.24. The third kappa shape index (κ3) is 8.70. The van der Waals surface area contributed by atoms with Crippen molar-refractivity contribution >= 4 is 22.7 Å². The van der Waals surface area contributed by atoms with Gasteiger partial charge in [-0.2, -0.15) is 0 Å². The average molecular weight is 475 g/mol. The number of aliphatic hydroxyl groups is 2. The highest BCUT2D eigenvalue weighted by atomic mass is 16.4. The van der Waals surface area contributed by atoms with Gasteiger partial charge in [0.1, 0.15) is 0 Å². The fourth-order valence-electron chi connectivity index (χ4n) is 3.54. The number of carbonyl (C=O) groups is 2. The molecule has 0 heterocycles. The number of carboxylic acids is 2. The molecule has 4 rings (SSSR count). The van der Waals surface area contributed by atoms with Crippen LogP contribution in [0, 0.1) is 0 Å². The lowest BCUT2D eigenvalue weighted by molar-refractivity contribution is 0.0686. The number of hydrogen-bond donors (Lipinski definition) is 4. The summed E-state index contributed by atoms with van der Waals surface area (Å²) in [5.41, 5.74) is 1.64. The van der Waals surface area contributed by atoms with Gasteiger partial charge in [0.05, 0.1) is 23.3 Å². The number of aromatic carboxylic acids is 2. The van der Waals surface area contributed by atoms with Crippen LogP contribution in [0.5, 0.6) is 0 Å². The molecule has 0 saturated carbocycles. The Morgan fingerprint density at radius 1 is 0.571 bits per heavy atom. The van der Waals surface area contributed by atoms with E-state index in [1.165, 1.54) is 5.39 Å². The van der Waals surface area contributed by atoms with E-state index < -0.39 is 24.1 Å². The normalized spacial score (nSPS) is 12.7. The lowest BCUT2D eigenvalue weighted by Gasteiger charge is -2.23. The molecule has 0 saturated heterocycles. The van der Waals surface area contributed by atoms with Crippen molar-refractivity contribution in [1.82, 2.24) is 0 Å². The summed E-state index contributed by atoms with van der Waals surface area (Å²) in [5, 5.41) is 38.6. The molecule has 4 N–H and O–H groups in total. The summed E-state index contributed by atoms with van der Waals surface area (Å²) in [7, 11) is 0. The number of hydrogen-bond acceptors (Lipinski definition) is 4. The van der Waals surface area contributed by atoms with E-state index in [1.54, 1.807) is 74.5 Å². The molecule has 4 aromatic rings. The predicted molar refractivity (Wildman–Crippen MR) is 137 cm³/mol. The number of fused-ring (bicyclic) bond motifs is 1. The molecule has 0 aliphatic rings. The molecule has 0 amide bonds. The molecule has 2 unspecified atom stereocenters. The average Bonchev–Trinajstić information content (AvgIpc) is 2.85. The van der Waals surface area contributed by atoms with Gasteiger partial charge in [-0.15, -0.1) is 0 Å². The Kier molecular flexibility index (Phi) is 10.6. The minimum Gasteiger partial charge on any atom is -0.478 e. The van der Waals surface area contributed by atoms with Crippen LogP contribution in [0.25, 0.3) is 10.8 Å². The van der Waals surface area contributed by atoms with Crippen molar-refractivity contribution in [3.63, 3.8) is 0 Å². The number of benzene rings is 4. The topological polar surface area (TPSA) is 115 Å². The van der Waals surface area contributed by atoms with Crippen LogP contribution in [-0.4, -0.2) is 44.6 Å². The molecule has 0 fully saturated rings. The van der Waals surface area contributed by atoms with Gasteiger partial charge in [0.25, 0.3) is 0 Å². The molecule has 4 aromatic carbocycles. The molecule has 0 radical (unpaired) electrons. The van der Waals surface area contributed by atoms with Crippen molar-refractivity contribution in [3.05, 3.63) is 120 Å². The highest BCUT2D eigenvalue weighted by molar-refractivity contribution is 5.87. The minimum atomic E-state index is -0.879. The predicted octanol–water partition coefficient (Wildman–Crippen LogP) is 5.45. The fourth-order valence-corrected chi connectivity index (χ4v) is 3.54. The van der Waals surface area contributed by atoms with Crippen molar-refractivity contribution in [3.8, 4) is 0 Å². The van der Waals surface area contributed by atoms with Crippen molar-refractivity contribution in [2.45, 2.75) is 32.0 Å². The SMILES string of the molecule is CC(O)C(c1ccc2ccccc2c1)C(C)O.O=C(O)c1ccccc1.O=C(O)c1ccccc1. The quantitative estimate of drug-likeness (QED) is 0.306. The summed E-state index contributed by atoms with van der Waals surface area (Å²) in [6.07, 6.45) is -1.12. The highest BCUT2D eigenvalue weighted by Crippen LogP contribution is 2.27. The molecule has 0 aromatic heterocycles. The van der Waals surface area contributed by atoms with E-state index in [-0.39, 0.29) is 5.92 Å². The van der Waals surface area contributed by atoms with Crippen LogP contribution in [0.1, 0.15) is 46.0 Å². The third-order valence-electron chi connectivity index (χ3n) is 5.24. The molecule has 6 nitrogen and oxygen atoms in total. The van der Waals surface area contributed by atoms with Gasteiger partial charge in [0.2, 0.25) is 0 Å². The number of carboxylic acid groups (broad SMARTS) is 2. The van der Waals surface area contributed by atoms with Gasteiger partial charge in [-0.05, 0) is 54.4 Å². The molecular weight excluding hydrogens is 444 g/mol. The van der Waals surface area contributed by atoms with E-state index in [9.17, 15) is 19.8 Å². The Morgan fingerprint density at radius 3 is 1.34 bits per heavy atom. The second kappa shape index (κ2) is 13.6. The van der Waals surface area contributed by atoms with Crippen LogP contribution in [0.15, 0.2) is 103 Å². The number of aliphatic hydroxyl groups excluding tert-OH is 2. The van der Waals surface area contributed by atoms with Crippen LogP contribution in [-0.2, 0) is 0 Å². The zero-order chi connectivity index (χ0) is 25.8. The highest BCUT2D eigenvalue weighted by Gasteiger charge is 2.22. The summed E-state index contributed by atoms with van der Waals surface area (Å²) in [5.74, 6) is -1.99.